The molecule has 8 heteroatoms. The average molecular weight is 493 g/mol. The summed E-state index contributed by atoms with van der Waals surface area (Å²) in [6, 6.07) is 20.9. The van der Waals surface area contributed by atoms with Crippen molar-refractivity contribution in [3.05, 3.63) is 88.4 Å². The molecular formula is C27H25ClN2O5. The molecule has 0 radical (unpaired) electrons. The van der Waals surface area contributed by atoms with Crippen LogP contribution < -0.4 is 15.4 Å². The number of carbonyl (C=O) groups excluding carboxylic acids is 2. The van der Waals surface area contributed by atoms with Gasteiger partial charge in [0.05, 0.1) is 30.1 Å². The lowest BCUT2D eigenvalue weighted by molar-refractivity contribution is -0.225. The Morgan fingerprint density at radius 2 is 1.57 bits per heavy atom. The molecule has 0 aromatic heterocycles. The Hall–Kier alpha value is -3.55. The maximum absolute atomic E-state index is 12.3. The van der Waals surface area contributed by atoms with Gasteiger partial charge in [-0.05, 0) is 60.5 Å². The summed E-state index contributed by atoms with van der Waals surface area (Å²) in [7, 11) is 0. The van der Waals surface area contributed by atoms with Crippen LogP contribution >= 0.6 is 11.6 Å². The van der Waals surface area contributed by atoms with Gasteiger partial charge >= 0.3 is 11.9 Å². The number of ether oxygens (including phenoxy) is 3. The number of halogens is 1. The van der Waals surface area contributed by atoms with Crippen molar-refractivity contribution >= 4 is 29.2 Å². The molecule has 0 aliphatic carbocycles. The number of fused-ring (bicyclic) bond motifs is 2. The fraction of sp³-hybridized carbons (Fsp3) is 0.259. The van der Waals surface area contributed by atoms with E-state index in [1.165, 1.54) is 0 Å². The van der Waals surface area contributed by atoms with Crippen molar-refractivity contribution in [1.82, 2.24) is 5.32 Å². The molecule has 2 N–H and O–H groups in total. The van der Waals surface area contributed by atoms with E-state index in [0.717, 1.165) is 28.3 Å². The standard InChI is InChI=1S/C27H25ClN2O5/c28-23-11-10-22-21(14-15-29-17-27(22)34-24(31)12-13-25(32)35-27)26(23)30-16-18-6-8-20(9-7-18)33-19-4-2-1-3-5-19/h1-11,29-30H,12-17H2. The van der Waals surface area contributed by atoms with Crippen molar-refractivity contribution in [3.8, 4) is 11.5 Å². The van der Waals surface area contributed by atoms with Crippen LogP contribution in [0.1, 0.15) is 29.5 Å². The van der Waals surface area contributed by atoms with Gasteiger partial charge in [0.15, 0.2) is 0 Å². The van der Waals surface area contributed by atoms with Gasteiger partial charge < -0.3 is 24.8 Å². The van der Waals surface area contributed by atoms with Gasteiger partial charge in [-0.25, -0.2) is 0 Å². The number of rotatable bonds is 5. The quantitative estimate of drug-likeness (QED) is 0.489. The van der Waals surface area contributed by atoms with Crippen LogP contribution in [0.5, 0.6) is 11.5 Å². The predicted molar refractivity (Wildman–Crippen MR) is 131 cm³/mol. The Morgan fingerprint density at radius 3 is 2.29 bits per heavy atom. The Bertz CT molecular complexity index is 1210. The third kappa shape index (κ3) is 5.11. The van der Waals surface area contributed by atoms with Gasteiger partial charge in [0.1, 0.15) is 11.5 Å². The summed E-state index contributed by atoms with van der Waals surface area (Å²) in [5, 5.41) is 7.20. The van der Waals surface area contributed by atoms with E-state index < -0.39 is 17.7 Å². The molecule has 0 saturated carbocycles. The van der Waals surface area contributed by atoms with Crippen molar-refractivity contribution in [2.75, 3.05) is 18.4 Å². The van der Waals surface area contributed by atoms with Gasteiger partial charge in [0.2, 0.25) is 0 Å². The van der Waals surface area contributed by atoms with Crippen LogP contribution in [0.4, 0.5) is 5.69 Å². The number of para-hydroxylation sites is 1. The molecular weight excluding hydrogens is 468 g/mol. The van der Waals surface area contributed by atoms with E-state index in [1.807, 2.05) is 54.6 Å². The van der Waals surface area contributed by atoms with E-state index in [4.69, 9.17) is 25.8 Å². The fourth-order valence-electron chi connectivity index (χ4n) is 4.36. The summed E-state index contributed by atoms with van der Waals surface area (Å²) in [4.78, 5) is 24.6. The molecule has 3 aromatic carbocycles. The second-order valence-corrected chi connectivity index (χ2v) is 8.90. The first-order valence-corrected chi connectivity index (χ1v) is 11.9. The van der Waals surface area contributed by atoms with Crippen LogP contribution in [0.3, 0.4) is 0 Å². The number of carbonyl (C=O) groups is 2. The van der Waals surface area contributed by atoms with Crippen molar-refractivity contribution in [2.45, 2.75) is 31.6 Å². The highest BCUT2D eigenvalue weighted by Crippen LogP contribution is 2.40. The number of benzene rings is 3. The molecule has 0 bridgehead atoms. The largest absolute Gasteiger partial charge is 0.457 e. The minimum atomic E-state index is -1.51. The summed E-state index contributed by atoms with van der Waals surface area (Å²) in [5.41, 5.74) is 3.25. The van der Waals surface area contributed by atoms with Crippen LogP contribution in [0.25, 0.3) is 0 Å². The van der Waals surface area contributed by atoms with E-state index in [-0.39, 0.29) is 19.4 Å². The van der Waals surface area contributed by atoms with E-state index in [0.29, 0.717) is 30.1 Å². The zero-order chi connectivity index (χ0) is 24.3. The van der Waals surface area contributed by atoms with Gasteiger partial charge in [0, 0.05) is 12.1 Å². The lowest BCUT2D eigenvalue weighted by Gasteiger charge is -2.32. The van der Waals surface area contributed by atoms with Crippen LogP contribution in [-0.4, -0.2) is 25.0 Å². The van der Waals surface area contributed by atoms with Crippen molar-refractivity contribution < 1.29 is 23.8 Å². The highest BCUT2D eigenvalue weighted by Gasteiger charge is 2.45. The van der Waals surface area contributed by atoms with Gasteiger partial charge in [-0.15, -0.1) is 0 Å². The molecule has 0 amide bonds. The predicted octanol–water partition coefficient (Wildman–Crippen LogP) is 4.92. The minimum absolute atomic E-state index is 0.00139. The van der Waals surface area contributed by atoms with Crippen LogP contribution in [0.2, 0.25) is 5.02 Å². The van der Waals surface area contributed by atoms with E-state index >= 15 is 0 Å². The molecule has 2 heterocycles. The SMILES string of the molecule is O=C1CCC(=O)OC2(CNCCc3c2ccc(Cl)c3NCc2ccc(Oc3ccccc3)cc2)O1. The first-order chi connectivity index (χ1) is 17.0. The molecule has 0 unspecified atom stereocenters. The summed E-state index contributed by atoms with van der Waals surface area (Å²) >= 11 is 6.59. The third-order valence-corrected chi connectivity index (χ3v) is 6.36. The van der Waals surface area contributed by atoms with Crippen LogP contribution in [-0.2, 0) is 37.8 Å². The molecule has 5 rings (SSSR count). The Kier molecular flexibility index (Phi) is 6.61. The second kappa shape index (κ2) is 9.98. The van der Waals surface area contributed by atoms with E-state index in [2.05, 4.69) is 10.6 Å². The topological polar surface area (TPSA) is 85.9 Å². The van der Waals surface area contributed by atoms with Gasteiger partial charge in [-0.2, -0.15) is 0 Å². The van der Waals surface area contributed by atoms with Gasteiger partial charge in [-0.3, -0.25) is 9.59 Å². The number of anilines is 1. The van der Waals surface area contributed by atoms with Crippen molar-refractivity contribution in [1.29, 1.82) is 0 Å². The molecule has 2 aliphatic rings. The molecule has 7 nitrogen and oxygen atoms in total. The fourth-order valence-corrected chi connectivity index (χ4v) is 4.60. The summed E-state index contributed by atoms with van der Waals surface area (Å²) < 4.78 is 17.3. The Labute approximate surface area is 208 Å². The summed E-state index contributed by atoms with van der Waals surface area (Å²) in [5.74, 6) is -0.912. The average Bonchev–Trinajstić information content (AvgIpc) is 3.12. The number of nitrogens with one attached hydrogen (secondary N) is 2. The highest BCUT2D eigenvalue weighted by atomic mass is 35.5. The Morgan fingerprint density at radius 1 is 0.886 bits per heavy atom. The van der Waals surface area contributed by atoms with Gasteiger partial charge in [-0.1, -0.05) is 41.9 Å². The van der Waals surface area contributed by atoms with Crippen LogP contribution in [0, 0.1) is 0 Å². The smallest absolute Gasteiger partial charge is 0.309 e. The molecule has 180 valence electrons. The second-order valence-electron chi connectivity index (χ2n) is 8.49. The third-order valence-electron chi connectivity index (χ3n) is 6.04. The number of esters is 2. The molecule has 1 spiro atoms. The lowest BCUT2D eigenvalue weighted by atomic mass is 9.96. The van der Waals surface area contributed by atoms with Crippen LogP contribution in [0.15, 0.2) is 66.7 Å². The molecule has 0 atom stereocenters. The number of hydrogen-bond donors (Lipinski definition) is 2. The van der Waals surface area contributed by atoms with E-state index in [1.54, 1.807) is 12.1 Å². The summed E-state index contributed by atoms with van der Waals surface area (Å²) in [6.07, 6.45) is 0.621. The lowest BCUT2D eigenvalue weighted by Crippen LogP contribution is -2.43. The molecule has 3 aromatic rings. The van der Waals surface area contributed by atoms with Gasteiger partial charge in [0.25, 0.3) is 5.79 Å². The van der Waals surface area contributed by atoms with Crippen molar-refractivity contribution in [3.63, 3.8) is 0 Å². The zero-order valence-electron chi connectivity index (χ0n) is 19.0. The molecule has 1 fully saturated rings. The first kappa shape index (κ1) is 23.2. The monoisotopic (exact) mass is 492 g/mol. The Balaban J connectivity index is 1.38. The molecule has 2 aliphatic heterocycles. The first-order valence-electron chi connectivity index (χ1n) is 11.5. The molecule has 1 saturated heterocycles. The maximum Gasteiger partial charge on any atom is 0.309 e. The maximum atomic E-state index is 12.3. The highest BCUT2D eigenvalue weighted by molar-refractivity contribution is 6.33. The molecule has 35 heavy (non-hydrogen) atoms. The van der Waals surface area contributed by atoms with Crippen molar-refractivity contribution in [2.24, 2.45) is 0 Å². The van der Waals surface area contributed by atoms with E-state index in [9.17, 15) is 9.59 Å². The minimum Gasteiger partial charge on any atom is -0.457 e. The zero-order valence-corrected chi connectivity index (χ0v) is 19.8. The summed E-state index contributed by atoms with van der Waals surface area (Å²) in [6.45, 7) is 1.31. The number of hydrogen-bond acceptors (Lipinski definition) is 7. The normalized spacial score (nSPS) is 16.9.